The Labute approximate surface area is 157 Å². The minimum atomic E-state index is -0.810. The number of benzene rings is 1. The Bertz CT molecular complexity index is 1240. The zero-order chi connectivity index (χ0) is 19.8. The highest BCUT2D eigenvalue weighted by Gasteiger charge is 2.22. The number of primary amides is 1. The second-order valence-corrected chi connectivity index (χ2v) is 5.74. The van der Waals surface area contributed by atoms with E-state index in [1.807, 2.05) is 0 Å². The Morgan fingerprint density at radius 3 is 2.68 bits per heavy atom. The molecule has 28 heavy (non-hydrogen) atoms. The number of amides is 1. The second kappa shape index (κ2) is 6.58. The quantitative estimate of drug-likeness (QED) is 0.534. The van der Waals surface area contributed by atoms with Crippen LogP contribution in [0.5, 0.6) is 11.5 Å². The van der Waals surface area contributed by atoms with Gasteiger partial charge in [-0.3, -0.25) is 4.79 Å². The molecule has 142 valence electrons. The van der Waals surface area contributed by atoms with Crippen LogP contribution in [-0.4, -0.2) is 39.6 Å². The smallest absolute Gasteiger partial charge is 0.332 e. The molecular formula is C18H15N5O5. The summed E-state index contributed by atoms with van der Waals surface area (Å²) in [5.41, 5.74) is 5.48. The number of rotatable bonds is 5. The highest BCUT2D eigenvalue weighted by atomic mass is 16.5. The lowest BCUT2D eigenvalue weighted by Gasteiger charge is -2.11. The summed E-state index contributed by atoms with van der Waals surface area (Å²) in [7, 11) is 2.99. The van der Waals surface area contributed by atoms with Crippen molar-refractivity contribution >= 4 is 17.1 Å². The molecule has 0 radical (unpaired) electrons. The third-order valence-corrected chi connectivity index (χ3v) is 4.14. The number of hydrogen-bond donors (Lipinski definition) is 2. The van der Waals surface area contributed by atoms with Gasteiger partial charge in [-0.2, -0.15) is 0 Å². The molecule has 10 nitrogen and oxygen atoms in total. The van der Waals surface area contributed by atoms with Crippen LogP contribution in [0.25, 0.3) is 28.4 Å². The summed E-state index contributed by atoms with van der Waals surface area (Å²) in [5, 5.41) is 0. The molecule has 3 aromatic heterocycles. The van der Waals surface area contributed by atoms with Gasteiger partial charge in [0.2, 0.25) is 0 Å². The maximum absolute atomic E-state index is 12.7. The Morgan fingerprint density at radius 2 is 2.04 bits per heavy atom. The molecule has 10 heteroatoms. The standard InChI is InChI=1S/C18H15N5O5/c1-26-9-5-6-10(12(8-9)27-2)23-17-14(21-18(23)25)13(15(19)24)20-16(22-17)11-4-3-7-28-11/h3-8H,1-2H3,(H2,19,24)(H,21,25). The van der Waals surface area contributed by atoms with Gasteiger partial charge in [0.25, 0.3) is 5.91 Å². The fourth-order valence-corrected chi connectivity index (χ4v) is 2.87. The van der Waals surface area contributed by atoms with E-state index >= 15 is 0 Å². The van der Waals surface area contributed by atoms with Crippen LogP contribution in [0.3, 0.4) is 0 Å². The van der Waals surface area contributed by atoms with Crippen LogP contribution in [-0.2, 0) is 0 Å². The van der Waals surface area contributed by atoms with Gasteiger partial charge in [-0.25, -0.2) is 19.3 Å². The van der Waals surface area contributed by atoms with Crippen LogP contribution in [0.1, 0.15) is 10.5 Å². The van der Waals surface area contributed by atoms with Crippen molar-refractivity contribution in [3.63, 3.8) is 0 Å². The third kappa shape index (κ3) is 2.67. The lowest BCUT2D eigenvalue weighted by molar-refractivity contribution is 0.0997. The van der Waals surface area contributed by atoms with E-state index in [2.05, 4.69) is 15.0 Å². The number of aromatic amines is 1. The molecule has 0 unspecified atom stereocenters. The highest BCUT2D eigenvalue weighted by Crippen LogP contribution is 2.29. The van der Waals surface area contributed by atoms with Crippen molar-refractivity contribution in [2.45, 2.75) is 0 Å². The Hall–Kier alpha value is -4.08. The van der Waals surface area contributed by atoms with Gasteiger partial charge in [-0.15, -0.1) is 0 Å². The molecule has 0 saturated heterocycles. The predicted molar refractivity (Wildman–Crippen MR) is 98.8 cm³/mol. The molecule has 1 amide bonds. The van der Waals surface area contributed by atoms with E-state index in [0.717, 1.165) is 0 Å². The maximum atomic E-state index is 12.7. The van der Waals surface area contributed by atoms with Crippen LogP contribution in [0, 0.1) is 0 Å². The largest absolute Gasteiger partial charge is 0.497 e. The number of carbonyl (C=O) groups excluding carboxylic acids is 1. The first kappa shape index (κ1) is 17.3. The lowest BCUT2D eigenvalue weighted by atomic mass is 10.2. The minimum absolute atomic E-state index is 0.116. The van der Waals surface area contributed by atoms with Crippen molar-refractivity contribution in [1.29, 1.82) is 0 Å². The zero-order valence-corrected chi connectivity index (χ0v) is 14.9. The summed E-state index contributed by atoms with van der Waals surface area (Å²) in [6.07, 6.45) is 1.45. The number of nitrogens with zero attached hydrogens (tertiary/aromatic N) is 3. The molecule has 0 atom stereocenters. The average molecular weight is 381 g/mol. The van der Waals surface area contributed by atoms with Gasteiger partial charge >= 0.3 is 5.69 Å². The Balaban J connectivity index is 2.06. The SMILES string of the molecule is COc1ccc(-n2c(=O)[nH]c3c(C(N)=O)nc(-c4ccco4)nc32)c(OC)c1. The highest BCUT2D eigenvalue weighted by molar-refractivity contribution is 6.02. The van der Waals surface area contributed by atoms with Crippen LogP contribution < -0.4 is 20.9 Å². The van der Waals surface area contributed by atoms with E-state index in [1.54, 1.807) is 30.3 Å². The number of nitrogens with one attached hydrogen (secondary N) is 1. The summed E-state index contributed by atoms with van der Waals surface area (Å²) in [6.45, 7) is 0. The lowest BCUT2D eigenvalue weighted by Crippen LogP contribution is -2.16. The molecule has 3 heterocycles. The number of H-pyrrole nitrogens is 1. The number of methoxy groups -OCH3 is 2. The Kier molecular flexibility index (Phi) is 4.07. The zero-order valence-electron chi connectivity index (χ0n) is 14.9. The molecule has 0 bridgehead atoms. The van der Waals surface area contributed by atoms with Crippen LogP contribution >= 0.6 is 0 Å². The van der Waals surface area contributed by atoms with Gasteiger partial charge in [0, 0.05) is 6.07 Å². The summed E-state index contributed by atoms with van der Waals surface area (Å²) in [6, 6.07) is 8.24. The van der Waals surface area contributed by atoms with Gasteiger partial charge in [0.1, 0.15) is 17.0 Å². The number of aromatic nitrogens is 4. The van der Waals surface area contributed by atoms with Gasteiger partial charge in [-0.1, -0.05) is 0 Å². The second-order valence-electron chi connectivity index (χ2n) is 5.74. The Morgan fingerprint density at radius 1 is 1.21 bits per heavy atom. The first-order chi connectivity index (χ1) is 13.5. The fraction of sp³-hybridized carbons (Fsp3) is 0.111. The van der Waals surface area contributed by atoms with E-state index in [-0.39, 0.29) is 22.7 Å². The van der Waals surface area contributed by atoms with E-state index in [0.29, 0.717) is 22.9 Å². The van der Waals surface area contributed by atoms with Gasteiger partial charge < -0.3 is 24.6 Å². The monoisotopic (exact) mass is 381 g/mol. The molecule has 0 spiro atoms. The number of fused-ring (bicyclic) bond motifs is 1. The number of hydrogen-bond acceptors (Lipinski definition) is 7. The number of furan rings is 1. The number of carbonyl (C=O) groups is 1. The molecule has 0 aliphatic heterocycles. The van der Waals surface area contributed by atoms with Gasteiger partial charge in [-0.05, 0) is 24.3 Å². The number of ether oxygens (including phenoxy) is 2. The number of nitrogens with two attached hydrogens (primary N) is 1. The molecule has 0 fully saturated rings. The minimum Gasteiger partial charge on any atom is -0.497 e. The van der Waals surface area contributed by atoms with Crippen LogP contribution in [0.4, 0.5) is 0 Å². The van der Waals surface area contributed by atoms with Crippen molar-refractivity contribution in [2.24, 2.45) is 5.73 Å². The molecule has 3 N–H and O–H groups in total. The molecular weight excluding hydrogens is 366 g/mol. The van der Waals surface area contributed by atoms with E-state index in [9.17, 15) is 9.59 Å². The topological polar surface area (TPSA) is 138 Å². The molecule has 0 aliphatic carbocycles. The van der Waals surface area contributed by atoms with Crippen LogP contribution in [0.2, 0.25) is 0 Å². The molecule has 0 aliphatic rings. The van der Waals surface area contributed by atoms with Crippen molar-refractivity contribution in [1.82, 2.24) is 19.5 Å². The molecule has 1 aromatic carbocycles. The molecule has 0 saturated carbocycles. The summed E-state index contributed by atoms with van der Waals surface area (Å²) >= 11 is 0. The van der Waals surface area contributed by atoms with Crippen molar-refractivity contribution < 1.29 is 18.7 Å². The van der Waals surface area contributed by atoms with Crippen molar-refractivity contribution in [2.75, 3.05) is 14.2 Å². The normalized spacial score (nSPS) is 10.9. The molecule has 4 rings (SSSR count). The fourth-order valence-electron chi connectivity index (χ4n) is 2.87. The molecule has 4 aromatic rings. The maximum Gasteiger partial charge on any atom is 0.332 e. The average Bonchev–Trinajstić information content (AvgIpc) is 3.34. The summed E-state index contributed by atoms with van der Waals surface area (Å²) < 4.78 is 17.2. The first-order valence-corrected chi connectivity index (χ1v) is 8.12. The first-order valence-electron chi connectivity index (χ1n) is 8.12. The van der Waals surface area contributed by atoms with Crippen LogP contribution in [0.15, 0.2) is 45.8 Å². The number of imidazole rings is 1. The van der Waals surface area contributed by atoms with E-state index in [4.69, 9.17) is 19.6 Å². The van der Waals surface area contributed by atoms with Crippen molar-refractivity contribution in [3.05, 3.63) is 52.8 Å². The summed E-state index contributed by atoms with van der Waals surface area (Å²) in [5.74, 6) is 0.562. The third-order valence-electron chi connectivity index (χ3n) is 4.14. The van der Waals surface area contributed by atoms with E-state index < -0.39 is 11.6 Å². The van der Waals surface area contributed by atoms with Crippen molar-refractivity contribution in [3.8, 4) is 28.8 Å². The van der Waals surface area contributed by atoms with Gasteiger partial charge in [0.15, 0.2) is 22.9 Å². The predicted octanol–water partition coefficient (Wildman–Crippen LogP) is 1.48. The summed E-state index contributed by atoms with van der Waals surface area (Å²) in [4.78, 5) is 35.8. The van der Waals surface area contributed by atoms with Gasteiger partial charge in [0.05, 0.1) is 26.2 Å². The van der Waals surface area contributed by atoms with E-state index in [1.165, 1.54) is 25.0 Å².